The molecule has 0 aliphatic heterocycles. The van der Waals surface area contributed by atoms with Crippen LogP contribution in [0.2, 0.25) is 5.02 Å². The Morgan fingerprint density at radius 2 is 2.31 bits per heavy atom. The number of halogens is 1. The first-order valence-electron chi connectivity index (χ1n) is 3.31. The van der Waals surface area contributed by atoms with Crippen molar-refractivity contribution < 1.29 is 9.53 Å². The smallest absolute Gasteiger partial charge is 0.407 e. The van der Waals surface area contributed by atoms with Crippen molar-refractivity contribution in [3.05, 3.63) is 28.8 Å². The van der Waals surface area contributed by atoms with E-state index < -0.39 is 6.09 Å². The molecule has 66 valence electrons. The predicted molar refractivity (Wildman–Crippen MR) is 46.4 cm³/mol. The second-order valence-corrected chi connectivity index (χ2v) is 2.56. The molecule has 1 amide bonds. The summed E-state index contributed by atoms with van der Waals surface area (Å²) in [6, 6.07) is 6.38. The van der Waals surface area contributed by atoms with Gasteiger partial charge in [-0.15, -0.1) is 0 Å². The van der Waals surface area contributed by atoms with Crippen molar-refractivity contribution >= 4 is 17.7 Å². The fourth-order valence-electron chi connectivity index (χ4n) is 0.801. The van der Waals surface area contributed by atoms with Crippen LogP contribution in [0.4, 0.5) is 4.79 Å². The van der Waals surface area contributed by atoms with E-state index in [9.17, 15) is 4.79 Å². The van der Waals surface area contributed by atoms with E-state index in [1.807, 2.05) is 6.07 Å². The molecule has 0 fully saturated rings. The number of ether oxygens (including phenoxy) is 1. The topological polar surface area (TPSA) is 76.1 Å². The highest BCUT2D eigenvalue weighted by Gasteiger charge is 2.09. The maximum absolute atomic E-state index is 10.4. The highest BCUT2D eigenvalue weighted by Crippen LogP contribution is 2.27. The molecule has 5 heteroatoms. The van der Waals surface area contributed by atoms with Gasteiger partial charge in [0.1, 0.15) is 6.07 Å². The summed E-state index contributed by atoms with van der Waals surface area (Å²) < 4.78 is 4.55. The maximum Gasteiger partial charge on any atom is 0.410 e. The first-order chi connectivity index (χ1) is 6.15. The average molecular weight is 197 g/mol. The number of nitrogens with two attached hydrogens (primary N) is 1. The number of carbonyl (C=O) groups is 1. The van der Waals surface area contributed by atoms with E-state index >= 15 is 0 Å². The number of amides is 1. The number of para-hydroxylation sites is 1. The molecule has 0 heterocycles. The number of hydrogen-bond donors (Lipinski definition) is 1. The van der Waals surface area contributed by atoms with Gasteiger partial charge in [0.05, 0.1) is 10.6 Å². The van der Waals surface area contributed by atoms with Gasteiger partial charge in [-0.3, -0.25) is 0 Å². The van der Waals surface area contributed by atoms with E-state index in [0.29, 0.717) is 0 Å². The van der Waals surface area contributed by atoms with Crippen molar-refractivity contribution in [3.63, 3.8) is 0 Å². The van der Waals surface area contributed by atoms with Gasteiger partial charge >= 0.3 is 6.09 Å². The van der Waals surface area contributed by atoms with Gasteiger partial charge in [-0.05, 0) is 12.1 Å². The molecule has 2 N–H and O–H groups in total. The molecule has 1 aromatic rings. The van der Waals surface area contributed by atoms with Crippen molar-refractivity contribution in [2.75, 3.05) is 0 Å². The van der Waals surface area contributed by atoms with Crippen molar-refractivity contribution in [1.82, 2.24) is 0 Å². The molecule has 0 aliphatic carbocycles. The summed E-state index contributed by atoms with van der Waals surface area (Å²) in [6.45, 7) is 0. The molecule has 4 nitrogen and oxygen atoms in total. The van der Waals surface area contributed by atoms with Gasteiger partial charge in [0, 0.05) is 0 Å². The van der Waals surface area contributed by atoms with Crippen LogP contribution in [0.1, 0.15) is 5.56 Å². The number of carbonyl (C=O) groups excluding carboxylic acids is 1. The average Bonchev–Trinajstić information content (AvgIpc) is 2.08. The second-order valence-electron chi connectivity index (χ2n) is 2.15. The molecule has 0 saturated heterocycles. The number of nitriles is 1. The van der Waals surface area contributed by atoms with Crippen LogP contribution in [0, 0.1) is 11.3 Å². The molecule has 0 unspecified atom stereocenters. The minimum Gasteiger partial charge on any atom is -0.407 e. The molecule has 1 rings (SSSR count). The van der Waals surface area contributed by atoms with Crippen molar-refractivity contribution in [2.24, 2.45) is 5.73 Å². The standard InChI is InChI=1S/C8H5ClN2O2/c9-6-3-1-2-5(4-10)7(6)13-8(11)12/h1-3H,(H2,11,12). The third kappa shape index (κ3) is 2.10. The van der Waals surface area contributed by atoms with Crippen LogP contribution < -0.4 is 10.5 Å². The van der Waals surface area contributed by atoms with E-state index in [0.717, 1.165) is 0 Å². The van der Waals surface area contributed by atoms with Gasteiger partial charge < -0.3 is 10.5 Å². The number of rotatable bonds is 1. The first kappa shape index (κ1) is 9.36. The SMILES string of the molecule is N#Cc1cccc(Cl)c1OC(N)=O. The summed E-state index contributed by atoms with van der Waals surface area (Å²) in [4.78, 5) is 10.4. The maximum atomic E-state index is 10.4. The molecule has 0 aliphatic rings. The number of nitrogens with zero attached hydrogens (tertiary/aromatic N) is 1. The van der Waals surface area contributed by atoms with Crippen molar-refractivity contribution in [1.29, 1.82) is 5.26 Å². The Balaban J connectivity index is 3.17. The lowest BCUT2D eigenvalue weighted by Gasteiger charge is -2.03. The lowest BCUT2D eigenvalue weighted by atomic mass is 10.2. The number of hydrogen-bond acceptors (Lipinski definition) is 3. The zero-order valence-electron chi connectivity index (χ0n) is 6.45. The molecule has 0 aromatic heterocycles. The van der Waals surface area contributed by atoms with Gasteiger partial charge in [0.2, 0.25) is 0 Å². The summed E-state index contributed by atoms with van der Waals surface area (Å²) in [5, 5.41) is 8.79. The minimum absolute atomic E-state index is 0.000772. The molecule has 0 radical (unpaired) electrons. The Bertz CT molecular complexity index is 384. The highest BCUT2D eigenvalue weighted by atomic mass is 35.5. The monoisotopic (exact) mass is 196 g/mol. The quantitative estimate of drug-likeness (QED) is 0.742. The number of primary amides is 1. The van der Waals surface area contributed by atoms with Crippen LogP contribution in [0.15, 0.2) is 18.2 Å². The van der Waals surface area contributed by atoms with Crippen LogP contribution in [0.3, 0.4) is 0 Å². The largest absolute Gasteiger partial charge is 0.410 e. The Labute approximate surface area is 79.5 Å². The van der Waals surface area contributed by atoms with Crippen molar-refractivity contribution in [3.8, 4) is 11.8 Å². The zero-order valence-corrected chi connectivity index (χ0v) is 7.21. The molecular weight excluding hydrogens is 192 g/mol. The highest BCUT2D eigenvalue weighted by molar-refractivity contribution is 6.32. The van der Waals surface area contributed by atoms with E-state index in [-0.39, 0.29) is 16.3 Å². The van der Waals surface area contributed by atoms with Gasteiger partial charge in [-0.1, -0.05) is 17.7 Å². The first-order valence-corrected chi connectivity index (χ1v) is 3.69. The van der Waals surface area contributed by atoms with E-state index in [4.69, 9.17) is 22.6 Å². The molecule has 1 aromatic carbocycles. The third-order valence-corrected chi connectivity index (χ3v) is 1.59. The van der Waals surface area contributed by atoms with Crippen molar-refractivity contribution in [2.45, 2.75) is 0 Å². The molecule has 0 spiro atoms. The van der Waals surface area contributed by atoms with Gasteiger partial charge in [-0.2, -0.15) is 5.26 Å². The number of benzene rings is 1. The van der Waals surface area contributed by atoms with Gasteiger partial charge in [0.25, 0.3) is 0 Å². The summed E-state index contributed by atoms with van der Waals surface area (Å²) in [7, 11) is 0. The normalized spacial score (nSPS) is 8.92. The fourth-order valence-corrected chi connectivity index (χ4v) is 1.01. The van der Waals surface area contributed by atoms with Gasteiger partial charge in [0.15, 0.2) is 5.75 Å². The summed E-state index contributed by atoms with van der Waals surface area (Å²) >= 11 is 5.67. The molecule has 0 atom stereocenters. The zero-order chi connectivity index (χ0) is 9.84. The lowest BCUT2D eigenvalue weighted by Crippen LogP contribution is -2.17. The predicted octanol–water partition coefficient (Wildman–Crippen LogP) is 1.67. The summed E-state index contributed by atoms with van der Waals surface area (Å²) in [5.41, 5.74) is 4.96. The fraction of sp³-hybridized carbons (Fsp3) is 0. The van der Waals surface area contributed by atoms with Crippen LogP contribution in [0.25, 0.3) is 0 Å². The summed E-state index contributed by atoms with van der Waals surface area (Å²) in [5.74, 6) is -0.000772. The lowest BCUT2D eigenvalue weighted by molar-refractivity contribution is 0.211. The van der Waals surface area contributed by atoms with Crippen LogP contribution in [0.5, 0.6) is 5.75 Å². The van der Waals surface area contributed by atoms with E-state index in [1.165, 1.54) is 12.1 Å². The molecule has 0 bridgehead atoms. The Morgan fingerprint density at radius 3 is 2.85 bits per heavy atom. The van der Waals surface area contributed by atoms with Gasteiger partial charge in [-0.25, -0.2) is 4.79 Å². The van der Waals surface area contributed by atoms with E-state index in [1.54, 1.807) is 6.07 Å². The molecule has 13 heavy (non-hydrogen) atoms. The minimum atomic E-state index is -0.996. The van der Waals surface area contributed by atoms with E-state index in [2.05, 4.69) is 4.74 Å². The Morgan fingerprint density at radius 1 is 1.62 bits per heavy atom. The Hall–Kier alpha value is -1.73. The molecule has 0 saturated carbocycles. The second kappa shape index (κ2) is 3.78. The van der Waals surface area contributed by atoms with Crippen LogP contribution in [-0.4, -0.2) is 6.09 Å². The van der Waals surface area contributed by atoms with Crippen LogP contribution >= 0.6 is 11.6 Å². The Kier molecular flexibility index (Phi) is 2.72. The third-order valence-electron chi connectivity index (χ3n) is 1.29. The summed E-state index contributed by atoms with van der Waals surface area (Å²) in [6.07, 6.45) is -0.996. The van der Waals surface area contributed by atoms with Crippen LogP contribution in [-0.2, 0) is 0 Å². The molecular formula is C8H5ClN2O2.